The first-order chi connectivity index (χ1) is 12.5. The Morgan fingerprint density at radius 1 is 1.08 bits per heavy atom. The lowest BCUT2D eigenvalue weighted by atomic mass is 9.75. The molecule has 0 unspecified atom stereocenters. The highest BCUT2D eigenvalue weighted by Gasteiger charge is 2.35. The monoisotopic (exact) mass is 354 g/mol. The van der Waals surface area contributed by atoms with Gasteiger partial charge in [-0.2, -0.15) is 0 Å². The van der Waals surface area contributed by atoms with Crippen molar-refractivity contribution in [3.8, 4) is 0 Å². The van der Waals surface area contributed by atoms with Crippen molar-refractivity contribution in [1.82, 2.24) is 0 Å². The Morgan fingerprint density at radius 2 is 1.81 bits per heavy atom. The number of carbonyl (C=O) groups is 1. The highest BCUT2D eigenvalue weighted by atomic mass is 16.6. The number of methoxy groups -OCH3 is 1. The van der Waals surface area contributed by atoms with Crippen molar-refractivity contribution >= 4 is 16.7 Å². The van der Waals surface area contributed by atoms with E-state index in [0.717, 1.165) is 29.2 Å². The molecule has 3 heteroatoms. The normalized spacial score (nSPS) is 24.6. The Hall–Kier alpha value is -1.87. The summed E-state index contributed by atoms with van der Waals surface area (Å²) in [6, 6.07) is 14.3. The van der Waals surface area contributed by atoms with Gasteiger partial charge in [0, 0.05) is 0 Å². The van der Waals surface area contributed by atoms with Gasteiger partial charge in [0.2, 0.25) is 0 Å². The number of hydrogen-bond donors (Lipinski definition) is 0. The lowest BCUT2D eigenvalue weighted by Crippen LogP contribution is -2.36. The minimum Gasteiger partial charge on any atom is -0.467 e. The van der Waals surface area contributed by atoms with E-state index in [-0.39, 0.29) is 12.1 Å². The molecule has 0 aromatic heterocycles. The molecule has 3 rings (SSSR count). The number of rotatable bonds is 5. The second-order valence-electron chi connectivity index (χ2n) is 8.01. The third-order valence-electron chi connectivity index (χ3n) is 5.76. The van der Waals surface area contributed by atoms with Crippen LogP contribution < -0.4 is 0 Å². The third-order valence-corrected chi connectivity index (χ3v) is 5.76. The van der Waals surface area contributed by atoms with Crippen LogP contribution in [0.1, 0.15) is 51.7 Å². The molecule has 4 atom stereocenters. The number of carbonyl (C=O) groups excluding carboxylic acids is 1. The lowest BCUT2D eigenvalue weighted by molar-refractivity contribution is -0.165. The quantitative estimate of drug-likeness (QED) is 0.662. The van der Waals surface area contributed by atoms with E-state index in [4.69, 9.17) is 9.47 Å². The van der Waals surface area contributed by atoms with Crippen LogP contribution in [0.4, 0.5) is 0 Å². The molecule has 1 aliphatic rings. The Kier molecular flexibility index (Phi) is 5.98. The maximum atomic E-state index is 12.5. The van der Waals surface area contributed by atoms with Crippen LogP contribution in [0.25, 0.3) is 10.8 Å². The van der Waals surface area contributed by atoms with Crippen LogP contribution in [0.2, 0.25) is 0 Å². The van der Waals surface area contributed by atoms with E-state index in [0.29, 0.717) is 17.8 Å². The lowest BCUT2D eigenvalue weighted by Gasteiger charge is -2.38. The maximum absolute atomic E-state index is 12.5. The molecule has 0 heterocycles. The van der Waals surface area contributed by atoms with Crippen LogP contribution in [-0.2, 0) is 14.3 Å². The SMILES string of the molecule is COC(=O)[C@@H](O[C@@H]1C[C@H](C)CC[C@H]1C(C)C)c1ccc2ccccc2c1. The van der Waals surface area contributed by atoms with Gasteiger partial charge in [-0.15, -0.1) is 0 Å². The van der Waals surface area contributed by atoms with Gasteiger partial charge < -0.3 is 9.47 Å². The van der Waals surface area contributed by atoms with Crippen LogP contribution in [0.15, 0.2) is 42.5 Å². The summed E-state index contributed by atoms with van der Waals surface area (Å²) in [6.07, 6.45) is 2.83. The van der Waals surface area contributed by atoms with Crippen molar-refractivity contribution in [2.24, 2.45) is 17.8 Å². The zero-order chi connectivity index (χ0) is 18.7. The fourth-order valence-electron chi connectivity index (χ4n) is 4.19. The first kappa shape index (κ1) is 18.9. The fourth-order valence-corrected chi connectivity index (χ4v) is 4.19. The second-order valence-corrected chi connectivity index (χ2v) is 8.01. The fraction of sp³-hybridized carbons (Fsp3) is 0.522. The maximum Gasteiger partial charge on any atom is 0.339 e. The van der Waals surface area contributed by atoms with Crippen LogP contribution in [0, 0.1) is 17.8 Å². The second kappa shape index (κ2) is 8.22. The Morgan fingerprint density at radius 3 is 2.50 bits per heavy atom. The van der Waals surface area contributed by atoms with Crippen LogP contribution in [0.5, 0.6) is 0 Å². The average Bonchev–Trinajstić information content (AvgIpc) is 2.65. The molecule has 2 aromatic carbocycles. The average molecular weight is 354 g/mol. The zero-order valence-corrected chi connectivity index (χ0v) is 16.3. The molecule has 1 fully saturated rings. The number of ether oxygens (including phenoxy) is 2. The van der Waals surface area contributed by atoms with Gasteiger partial charge in [-0.05, 0) is 53.0 Å². The smallest absolute Gasteiger partial charge is 0.339 e. The number of esters is 1. The van der Waals surface area contributed by atoms with Gasteiger partial charge in [0.1, 0.15) is 0 Å². The van der Waals surface area contributed by atoms with Crippen LogP contribution >= 0.6 is 0 Å². The van der Waals surface area contributed by atoms with E-state index in [1.54, 1.807) is 0 Å². The van der Waals surface area contributed by atoms with Crippen molar-refractivity contribution in [2.45, 2.75) is 52.2 Å². The largest absolute Gasteiger partial charge is 0.467 e. The molecule has 0 radical (unpaired) electrons. The summed E-state index contributed by atoms with van der Waals surface area (Å²) in [7, 11) is 1.43. The molecule has 2 aromatic rings. The number of fused-ring (bicyclic) bond motifs is 1. The topological polar surface area (TPSA) is 35.5 Å². The van der Waals surface area contributed by atoms with E-state index in [9.17, 15) is 4.79 Å². The zero-order valence-electron chi connectivity index (χ0n) is 16.3. The predicted molar refractivity (Wildman–Crippen MR) is 105 cm³/mol. The molecule has 26 heavy (non-hydrogen) atoms. The number of benzene rings is 2. The summed E-state index contributed by atoms with van der Waals surface area (Å²) in [5.74, 6) is 1.34. The van der Waals surface area contributed by atoms with E-state index >= 15 is 0 Å². The van der Waals surface area contributed by atoms with Crippen LogP contribution in [0.3, 0.4) is 0 Å². The highest BCUT2D eigenvalue weighted by Crippen LogP contribution is 2.38. The van der Waals surface area contributed by atoms with Gasteiger partial charge in [-0.25, -0.2) is 4.79 Å². The molecular formula is C23H30O3. The predicted octanol–water partition coefficient (Wildman–Crippen LogP) is 5.53. The van der Waals surface area contributed by atoms with Gasteiger partial charge in [0.05, 0.1) is 13.2 Å². The van der Waals surface area contributed by atoms with E-state index in [2.05, 4.69) is 32.9 Å². The first-order valence-corrected chi connectivity index (χ1v) is 9.71. The van der Waals surface area contributed by atoms with Crippen molar-refractivity contribution in [2.75, 3.05) is 7.11 Å². The molecule has 1 saturated carbocycles. The Balaban J connectivity index is 1.90. The van der Waals surface area contributed by atoms with Gasteiger partial charge >= 0.3 is 5.97 Å². The molecule has 0 spiro atoms. The van der Waals surface area contributed by atoms with Crippen LogP contribution in [-0.4, -0.2) is 19.2 Å². The molecule has 3 nitrogen and oxygen atoms in total. The summed E-state index contributed by atoms with van der Waals surface area (Å²) in [4.78, 5) is 12.5. The Labute approximate surface area is 156 Å². The van der Waals surface area contributed by atoms with Crippen molar-refractivity contribution in [1.29, 1.82) is 0 Å². The Bertz CT molecular complexity index is 752. The number of hydrogen-bond acceptors (Lipinski definition) is 3. The van der Waals surface area contributed by atoms with Crippen molar-refractivity contribution in [3.05, 3.63) is 48.0 Å². The highest BCUT2D eigenvalue weighted by molar-refractivity contribution is 5.85. The van der Waals surface area contributed by atoms with E-state index in [1.807, 2.05) is 30.3 Å². The summed E-state index contributed by atoms with van der Waals surface area (Å²) in [5, 5.41) is 2.27. The van der Waals surface area contributed by atoms with Gasteiger partial charge in [-0.1, -0.05) is 63.6 Å². The third kappa shape index (κ3) is 4.09. The summed E-state index contributed by atoms with van der Waals surface area (Å²) >= 11 is 0. The van der Waals surface area contributed by atoms with Crippen molar-refractivity contribution < 1.29 is 14.3 Å². The summed E-state index contributed by atoms with van der Waals surface area (Å²) in [5.41, 5.74) is 0.872. The van der Waals surface area contributed by atoms with Gasteiger partial charge in [0.25, 0.3) is 0 Å². The van der Waals surface area contributed by atoms with E-state index < -0.39 is 6.10 Å². The molecule has 140 valence electrons. The minimum absolute atomic E-state index is 0.0920. The standard InChI is InChI=1S/C23H30O3/c1-15(2)20-12-9-16(3)13-21(20)26-22(23(24)25-4)19-11-10-17-7-5-6-8-18(17)14-19/h5-8,10-11,14-16,20-22H,9,12-13H2,1-4H3/t16-,20+,21-,22+/m1/s1. The molecule has 0 saturated heterocycles. The summed E-state index contributed by atoms with van der Waals surface area (Å²) in [6.45, 7) is 6.77. The van der Waals surface area contributed by atoms with Crippen molar-refractivity contribution in [3.63, 3.8) is 0 Å². The molecule has 0 N–H and O–H groups in total. The first-order valence-electron chi connectivity index (χ1n) is 9.71. The van der Waals surface area contributed by atoms with Gasteiger partial charge in [0.15, 0.2) is 6.10 Å². The molecule has 0 aliphatic heterocycles. The molecule has 1 aliphatic carbocycles. The minimum atomic E-state index is -0.666. The van der Waals surface area contributed by atoms with E-state index in [1.165, 1.54) is 13.5 Å². The van der Waals surface area contributed by atoms with Gasteiger partial charge in [-0.3, -0.25) is 0 Å². The molecule has 0 bridgehead atoms. The summed E-state index contributed by atoms with van der Waals surface area (Å²) < 4.78 is 11.5. The molecular weight excluding hydrogens is 324 g/mol. The molecule has 0 amide bonds.